The van der Waals surface area contributed by atoms with Gasteiger partial charge in [-0.15, -0.1) is 0 Å². The van der Waals surface area contributed by atoms with Crippen molar-refractivity contribution in [1.29, 1.82) is 0 Å². The van der Waals surface area contributed by atoms with E-state index in [1.54, 1.807) is 0 Å². The van der Waals surface area contributed by atoms with E-state index in [1.165, 1.54) is 11.1 Å². The van der Waals surface area contributed by atoms with Gasteiger partial charge >= 0.3 is 0 Å². The van der Waals surface area contributed by atoms with Crippen molar-refractivity contribution in [2.24, 2.45) is 5.73 Å². The van der Waals surface area contributed by atoms with Crippen molar-refractivity contribution in [3.05, 3.63) is 35.4 Å². The number of hydrogen-bond donors (Lipinski definition) is 1. The second-order valence-electron chi connectivity index (χ2n) is 3.67. The molecule has 1 aliphatic heterocycles. The second kappa shape index (κ2) is 5.26. The van der Waals surface area contributed by atoms with Gasteiger partial charge in [-0.3, -0.25) is 0 Å². The van der Waals surface area contributed by atoms with Crippen LogP contribution in [0.15, 0.2) is 24.3 Å². The lowest BCUT2D eigenvalue weighted by Crippen LogP contribution is -2.21. The van der Waals surface area contributed by atoms with Crippen LogP contribution in [0.1, 0.15) is 17.2 Å². The third kappa shape index (κ3) is 2.56. The zero-order valence-corrected chi connectivity index (χ0v) is 8.82. The number of hydrogen-bond acceptors (Lipinski definition) is 3. The molecular weight excluding hydrogens is 190 g/mol. The van der Waals surface area contributed by atoms with Gasteiger partial charge in [-0.1, -0.05) is 24.3 Å². The maximum absolute atomic E-state index is 5.69. The van der Waals surface area contributed by atoms with Gasteiger partial charge in [-0.25, -0.2) is 0 Å². The molecule has 0 aromatic heterocycles. The van der Waals surface area contributed by atoms with E-state index in [0.29, 0.717) is 19.8 Å². The smallest absolute Gasteiger partial charge is 0.106 e. The highest BCUT2D eigenvalue weighted by Gasteiger charge is 2.19. The molecule has 0 aliphatic carbocycles. The maximum atomic E-state index is 5.69. The predicted octanol–water partition coefficient (Wildman–Crippen LogP) is 1.28. The molecule has 3 heteroatoms. The molecule has 0 radical (unpaired) electrons. The van der Waals surface area contributed by atoms with Crippen LogP contribution in [-0.2, 0) is 15.9 Å². The van der Waals surface area contributed by atoms with Crippen molar-refractivity contribution in [2.75, 3.05) is 26.4 Å². The second-order valence-corrected chi connectivity index (χ2v) is 3.67. The molecule has 1 heterocycles. The summed E-state index contributed by atoms with van der Waals surface area (Å²) in [6, 6.07) is 8.39. The fraction of sp³-hybridized carbons (Fsp3) is 0.500. The molecule has 1 aromatic rings. The lowest BCUT2D eigenvalue weighted by Gasteiger charge is -2.25. The van der Waals surface area contributed by atoms with Crippen molar-refractivity contribution >= 4 is 0 Å². The van der Waals surface area contributed by atoms with Crippen LogP contribution in [0.4, 0.5) is 0 Å². The zero-order chi connectivity index (χ0) is 10.5. The molecule has 2 rings (SSSR count). The Morgan fingerprint density at radius 3 is 3.13 bits per heavy atom. The molecule has 0 spiro atoms. The molecule has 0 saturated carbocycles. The summed E-state index contributed by atoms with van der Waals surface area (Å²) in [7, 11) is 0. The summed E-state index contributed by atoms with van der Waals surface area (Å²) >= 11 is 0. The van der Waals surface area contributed by atoms with Crippen molar-refractivity contribution < 1.29 is 9.47 Å². The molecule has 0 fully saturated rings. The fourth-order valence-electron chi connectivity index (χ4n) is 1.89. The molecule has 3 nitrogen and oxygen atoms in total. The molecule has 1 atom stereocenters. The highest BCUT2D eigenvalue weighted by molar-refractivity contribution is 5.30. The Bertz CT molecular complexity index is 314. The van der Waals surface area contributed by atoms with Crippen LogP contribution in [0.2, 0.25) is 0 Å². The number of rotatable bonds is 4. The fourth-order valence-corrected chi connectivity index (χ4v) is 1.89. The van der Waals surface area contributed by atoms with Gasteiger partial charge < -0.3 is 15.2 Å². The first-order chi connectivity index (χ1) is 7.42. The van der Waals surface area contributed by atoms with Crippen LogP contribution in [0.3, 0.4) is 0 Å². The Labute approximate surface area is 90.2 Å². The van der Waals surface area contributed by atoms with Gasteiger partial charge in [-0.2, -0.15) is 0 Å². The van der Waals surface area contributed by atoms with Crippen molar-refractivity contribution in [3.63, 3.8) is 0 Å². The normalized spacial score (nSPS) is 19.9. The monoisotopic (exact) mass is 207 g/mol. The summed E-state index contributed by atoms with van der Waals surface area (Å²) in [5.41, 5.74) is 8.02. The highest BCUT2D eigenvalue weighted by Crippen LogP contribution is 2.26. The molecule has 0 saturated heterocycles. The van der Waals surface area contributed by atoms with E-state index in [-0.39, 0.29) is 6.10 Å². The van der Waals surface area contributed by atoms with E-state index in [9.17, 15) is 0 Å². The standard InChI is InChI=1S/C12H17NO2/c13-6-8-14-9-12-11-4-2-1-3-10(11)5-7-15-12/h1-4,12H,5-9,13H2. The number of benzene rings is 1. The van der Waals surface area contributed by atoms with Crippen LogP contribution in [0.25, 0.3) is 0 Å². The summed E-state index contributed by atoms with van der Waals surface area (Å²) in [6.45, 7) is 2.55. The van der Waals surface area contributed by atoms with E-state index in [4.69, 9.17) is 15.2 Å². The number of nitrogens with two attached hydrogens (primary N) is 1. The maximum Gasteiger partial charge on any atom is 0.106 e. The first-order valence-electron chi connectivity index (χ1n) is 5.39. The molecule has 2 N–H and O–H groups in total. The summed E-state index contributed by atoms with van der Waals surface area (Å²) in [5.74, 6) is 0. The first kappa shape index (κ1) is 10.6. The predicted molar refractivity (Wildman–Crippen MR) is 58.7 cm³/mol. The summed E-state index contributed by atoms with van der Waals surface area (Å²) < 4.78 is 11.1. The highest BCUT2D eigenvalue weighted by atomic mass is 16.5. The van der Waals surface area contributed by atoms with Crippen LogP contribution >= 0.6 is 0 Å². The minimum absolute atomic E-state index is 0.0847. The Hall–Kier alpha value is -0.900. The third-order valence-electron chi connectivity index (χ3n) is 2.62. The Morgan fingerprint density at radius 2 is 2.27 bits per heavy atom. The molecule has 0 bridgehead atoms. The SMILES string of the molecule is NCCOCC1OCCc2ccccc21. The van der Waals surface area contributed by atoms with Crippen molar-refractivity contribution in [2.45, 2.75) is 12.5 Å². The summed E-state index contributed by atoms with van der Waals surface area (Å²) in [5, 5.41) is 0. The van der Waals surface area contributed by atoms with Crippen LogP contribution in [-0.4, -0.2) is 26.4 Å². The van der Waals surface area contributed by atoms with Gasteiger partial charge in [0.2, 0.25) is 0 Å². The lowest BCUT2D eigenvalue weighted by atomic mass is 9.98. The van der Waals surface area contributed by atoms with E-state index in [1.807, 2.05) is 6.07 Å². The Balaban J connectivity index is 2.02. The lowest BCUT2D eigenvalue weighted by molar-refractivity contribution is -0.0232. The third-order valence-corrected chi connectivity index (χ3v) is 2.62. The first-order valence-corrected chi connectivity index (χ1v) is 5.39. The zero-order valence-electron chi connectivity index (χ0n) is 8.82. The van der Waals surface area contributed by atoms with E-state index >= 15 is 0 Å². The molecule has 1 aliphatic rings. The van der Waals surface area contributed by atoms with E-state index < -0.39 is 0 Å². The summed E-state index contributed by atoms with van der Waals surface area (Å²) in [6.07, 6.45) is 1.09. The molecule has 0 amide bonds. The van der Waals surface area contributed by atoms with Crippen molar-refractivity contribution in [1.82, 2.24) is 0 Å². The summed E-state index contributed by atoms with van der Waals surface area (Å²) in [4.78, 5) is 0. The average Bonchev–Trinajstić information content (AvgIpc) is 2.30. The van der Waals surface area contributed by atoms with Gasteiger partial charge in [0, 0.05) is 6.54 Å². The quantitative estimate of drug-likeness (QED) is 0.756. The largest absolute Gasteiger partial charge is 0.377 e. The molecule has 15 heavy (non-hydrogen) atoms. The minimum atomic E-state index is 0.0847. The van der Waals surface area contributed by atoms with Gasteiger partial charge in [-0.05, 0) is 17.5 Å². The van der Waals surface area contributed by atoms with Crippen LogP contribution < -0.4 is 5.73 Å². The van der Waals surface area contributed by atoms with Gasteiger partial charge in [0.25, 0.3) is 0 Å². The van der Waals surface area contributed by atoms with Crippen LogP contribution in [0.5, 0.6) is 0 Å². The molecule has 1 aromatic carbocycles. The van der Waals surface area contributed by atoms with Crippen LogP contribution in [0, 0.1) is 0 Å². The van der Waals surface area contributed by atoms with Gasteiger partial charge in [0.15, 0.2) is 0 Å². The van der Waals surface area contributed by atoms with Gasteiger partial charge in [0.05, 0.1) is 19.8 Å². The molecule has 1 unspecified atom stereocenters. The Kier molecular flexibility index (Phi) is 3.72. The Morgan fingerprint density at radius 1 is 1.40 bits per heavy atom. The van der Waals surface area contributed by atoms with Crippen molar-refractivity contribution in [3.8, 4) is 0 Å². The van der Waals surface area contributed by atoms with E-state index in [2.05, 4.69) is 18.2 Å². The topological polar surface area (TPSA) is 44.5 Å². The average molecular weight is 207 g/mol. The molecular formula is C12H17NO2. The number of ether oxygens (including phenoxy) is 2. The minimum Gasteiger partial charge on any atom is -0.377 e. The van der Waals surface area contributed by atoms with Gasteiger partial charge in [0.1, 0.15) is 6.10 Å². The molecule has 82 valence electrons. The number of fused-ring (bicyclic) bond motifs is 1. The van der Waals surface area contributed by atoms with E-state index in [0.717, 1.165) is 13.0 Å².